The van der Waals surface area contributed by atoms with Gasteiger partial charge in [0.2, 0.25) is 0 Å². The summed E-state index contributed by atoms with van der Waals surface area (Å²) >= 11 is 3.16. The fourth-order valence-electron chi connectivity index (χ4n) is 1.21. The molecule has 1 rings (SSSR count). The Bertz CT molecular complexity index is 310. The minimum Gasteiger partial charge on any atom is -0.293 e. The predicted molar refractivity (Wildman–Crippen MR) is 56.5 cm³/mol. The fourth-order valence-corrected chi connectivity index (χ4v) is 1.52. The van der Waals surface area contributed by atoms with E-state index in [-0.39, 0.29) is 5.78 Å². The van der Waals surface area contributed by atoms with Crippen LogP contribution in [0.25, 0.3) is 0 Å². The summed E-state index contributed by atoms with van der Waals surface area (Å²) in [4.78, 5) is 15.4. The monoisotopic (exact) mass is 241 g/mol. The van der Waals surface area contributed by atoms with Gasteiger partial charge in [0.15, 0.2) is 5.78 Å². The van der Waals surface area contributed by atoms with E-state index >= 15 is 0 Å². The highest BCUT2D eigenvalue weighted by atomic mass is 79.9. The van der Waals surface area contributed by atoms with E-state index in [0.29, 0.717) is 11.2 Å². The highest BCUT2D eigenvalue weighted by Crippen LogP contribution is 2.18. The minimum atomic E-state index is 0.0943. The topological polar surface area (TPSA) is 30.0 Å². The Morgan fingerprint density at radius 1 is 1.62 bits per heavy atom. The first-order valence-electron chi connectivity index (χ1n) is 4.20. The minimum absolute atomic E-state index is 0.0943. The normalized spacial score (nSPS) is 10.5. The molecule has 0 radical (unpaired) electrons. The molecule has 0 N–H and O–H groups in total. The first-order valence-corrected chi connectivity index (χ1v) is 5.32. The van der Waals surface area contributed by atoms with Gasteiger partial charge in [0.05, 0.1) is 5.33 Å². The number of hydrogen-bond acceptors (Lipinski definition) is 2. The molecule has 1 aromatic heterocycles. The maximum Gasteiger partial charge on any atom is 0.175 e. The van der Waals surface area contributed by atoms with E-state index in [1.54, 1.807) is 12.4 Å². The van der Waals surface area contributed by atoms with Gasteiger partial charge < -0.3 is 0 Å². The number of carbonyl (C=O) groups excluding carboxylic acids is 1. The summed E-state index contributed by atoms with van der Waals surface area (Å²) in [5.41, 5.74) is 1.80. The average Bonchev–Trinajstić information content (AvgIpc) is 2.16. The Hall–Kier alpha value is -0.700. The summed E-state index contributed by atoms with van der Waals surface area (Å²) in [7, 11) is 0. The Labute approximate surface area is 86.5 Å². The van der Waals surface area contributed by atoms with Crippen molar-refractivity contribution in [1.82, 2.24) is 4.98 Å². The van der Waals surface area contributed by atoms with Crippen molar-refractivity contribution in [3.8, 4) is 0 Å². The Morgan fingerprint density at radius 3 is 2.85 bits per heavy atom. The molecule has 13 heavy (non-hydrogen) atoms. The van der Waals surface area contributed by atoms with Gasteiger partial charge in [-0.15, -0.1) is 0 Å². The number of ketones is 1. The number of Topliss-reactive ketones (excluding diaryl/α,β-unsaturated/α-hetero) is 1. The van der Waals surface area contributed by atoms with Gasteiger partial charge in [-0.05, 0) is 17.5 Å². The summed E-state index contributed by atoms with van der Waals surface area (Å²) in [5, 5.41) is 0.360. The van der Waals surface area contributed by atoms with Crippen LogP contribution in [0, 0.1) is 0 Å². The molecule has 0 unspecified atom stereocenters. The Kier molecular flexibility index (Phi) is 3.60. The standard InChI is InChI=1S/C10H12BrNO/c1-7(2)8-3-4-12-6-9(8)10(13)5-11/h3-4,6-7H,5H2,1-2H3. The number of pyridine rings is 1. The molecule has 70 valence electrons. The van der Waals surface area contributed by atoms with Gasteiger partial charge in [-0.3, -0.25) is 9.78 Å². The highest BCUT2D eigenvalue weighted by Gasteiger charge is 2.11. The van der Waals surface area contributed by atoms with Crippen LogP contribution in [-0.2, 0) is 0 Å². The number of rotatable bonds is 3. The molecule has 1 heterocycles. The molecule has 0 saturated heterocycles. The Balaban J connectivity index is 3.12. The molecule has 0 amide bonds. The smallest absolute Gasteiger partial charge is 0.175 e. The third-order valence-corrected chi connectivity index (χ3v) is 2.41. The van der Waals surface area contributed by atoms with E-state index in [1.165, 1.54) is 0 Å². The number of alkyl halides is 1. The third-order valence-electron chi connectivity index (χ3n) is 1.90. The van der Waals surface area contributed by atoms with Crippen LogP contribution in [0.2, 0.25) is 0 Å². The number of nitrogens with zero attached hydrogens (tertiary/aromatic N) is 1. The lowest BCUT2D eigenvalue weighted by atomic mass is 9.97. The zero-order valence-corrected chi connectivity index (χ0v) is 9.34. The summed E-state index contributed by atoms with van der Waals surface area (Å²) in [6.45, 7) is 4.14. The largest absolute Gasteiger partial charge is 0.293 e. The lowest BCUT2D eigenvalue weighted by molar-refractivity contribution is 0.102. The van der Waals surface area contributed by atoms with Crippen molar-refractivity contribution in [3.63, 3.8) is 0 Å². The van der Waals surface area contributed by atoms with Crippen molar-refractivity contribution in [2.24, 2.45) is 0 Å². The van der Waals surface area contributed by atoms with Crippen LogP contribution in [0.15, 0.2) is 18.5 Å². The van der Waals surface area contributed by atoms with E-state index in [0.717, 1.165) is 11.1 Å². The van der Waals surface area contributed by atoms with Crippen LogP contribution in [0.4, 0.5) is 0 Å². The van der Waals surface area contributed by atoms with Crippen molar-refractivity contribution in [2.45, 2.75) is 19.8 Å². The molecule has 0 aliphatic heterocycles. The summed E-state index contributed by atoms with van der Waals surface area (Å²) in [5.74, 6) is 0.456. The van der Waals surface area contributed by atoms with E-state index in [4.69, 9.17) is 0 Å². The number of halogens is 1. The molecular weight excluding hydrogens is 230 g/mol. The van der Waals surface area contributed by atoms with Crippen LogP contribution in [0.5, 0.6) is 0 Å². The molecule has 0 aromatic carbocycles. The molecule has 0 saturated carbocycles. The second-order valence-corrected chi connectivity index (χ2v) is 3.74. The van der Waals surface area contributed by atoms with Crippen molar-refractivity contribution < 1.29 is 4.79 Å². The van der Waals surface area contributed by atoms with Crippen molar-refractivity contribution >= 4 is 21.7 Å². The van der Waals surface area contributed by atoms with Crippen LogP contribution in [0.3, 0.4) is 0 Å². The number of hydrogen-bond donors (Lipinski definition) is 0. The first-order chi connectivity index (χ1) is 6.16. The lowest BCUT2D eigenvalue weighted by Crippen LogP contribution is -2.06. The predicted octanol–water partition coefficient (Wildman–Crippen LogP) is 2.78. The van der Waals surface area contributed by atoms with E-state index in [2.05, 4.69) is 34.8 Å². The zero-order chi connectivity index (χ0) is 9.84. The van der Waals surface area contributed by atoms with Crippen LogP contribution >= 0.6 is 15.9 Å². The van der Waals surface area contributed by atoms with Crippen LogP contribution in [0.1, 0.15) is 35.7 Å². The van der Waals surface area contributed by atoms with Gasteiger partial charge in [-0.1, -0.05) is 29.8 Å². The summed E-state index contributed by atoms with van der Waals surface area (Å²) < 4.78 is 0. The van der Waals surface area contributed by atoms with E-state index in [9.17, 15) is 4.79 Å². The summed E-state index contributed by atoms with van der Waals surface area (Å²) in [6, 6.07) is 1.90. The number of aromatic nitrogens is 1. The van der Waals surface area contributed by atoms with Gasteiger partial charge in [0, 0.05) is 18.0 Å². The number of carbonyl (C=O) groups is 1. The average molecular weight is 242 g/mol. The maximum atomic E-state index is 11.5. The van der Waals surface area contributed by atoms with Crippen molar-refractivity contribution in [1.29, 1.82) is 0 Å². The van der Waals surface area contributed by atoms with E-state index < -0.39 is 0 Å². The van der Waals surface area contributed by atoms with Crippen molar-refractivity contribution in [2.75, 3.05) is 5.33 Å². The molecule has 3 heteroatoms. The Morgan fingerprint density at radius 2 is 2.31 bits per heavy atom. The molecule has 2 nitrogen and oxygen atoms in total. The van der Waals surface area contributed by atoms with Gasteiger partial charge in [0.25, 0.3) is 0 Å². The molecule has 0 atom stereocenters. The second kappa shape index (κ2) is 4.51. The molecule has 0 fully saturated rings. The second-order valence-electron chi connectivity index (χ2n) is 3.17. The molecule has 1 aromatic rings. The summed E-state index contributed by atoms with van der Waals surface area (Å²) in [6.07, 6.45) is 3.36. The molecule has 0 aliphatic carbocycles. The highest BCUT2D eigenvalue weighted by molar-refractivity contribution is 9.09. The molecule has 0 spiro atoms. The first kappa shape index (κ1) is 10.4. The fraction of sp³-hybridized carbons (Fsp3) is 0.400. The van der Waals surface area contributed by atoms with Gasteiger partial charge in [0.1, 0.15) is 0 Å². The quantitative estimate of drug-likeness (QED) is 0.602. The van der Waals surface area contributed by atoms with Gasteiger partial charge >= 0.3 is 0 Å². The lowest BCUT2D eigenvalue weighted by Gasteiger charge is -2.09. The van der Waals surface area contributed by atoms with E-state index in [1.807, 2.05) is 6.07 Å². The molecule has 0 aliphatic rings. The molecular formula is C10H12BrNO. The molecule has 0 bridgehead atoms. The van der Waals surface area contributed by atoms with Crippen LogP contribution < -0.4 is 0 Å². The third kappa shape index (κ3) is 2.37. The van der Waals surface area contributed by atoms with Gasteiger partial charge in [-0.25, -0.2) is 0 Å². The van der Waals surface area contributed by atoms with Crippen molar-refractivity contribution in [3.05, 3.63) is 29.6 Å². The van der Waals surface area contributed by atoms with Gasteiger partial charge in [-0.2, -0.15) is 0 Å². The maximum absolute atomic E-state index is 11.5. The SMILES string of the molecule is CC(C)c1ccncc1C(=O)CBr. The van der Waals surface area contributed by atoms with Crippen LogP contribution in [-0.4, -0.2) is 16.1 Å². The zero-order valence-electron chi connectivity index (χ0n) is 7.75.